The van der Waals surface area contributed by atoms with Gasteiger partial charge in [0.2, 0.25) is 11.9 Å². The number of anilines is 4. The Morgan fingerprint density at radius 3 is 2.39 bits per heavy atom. The molecule has 0 unspecified atom stereocenters. The van der Waals surface area contributed by atoms with E-state index in [2.05, 4.69) is 30.9 Å². The van der Waals surface area contributed by atoms with E-state index in [4.69, 9.17) is 0 Å². The number of hydrogen-bond donors (Lipinski definition) is 3. The maximum atomic E-state index is 13.6. The van der Waals surface area contributed by atoms with Crippen LogP contribution in [0, 0.1) is 0 Å². The van der Waals surface area contributed by atoms with Gasteiger partial charge in [0.15, 0.2) is 0 Å². The minimum absolute atomic E-state index is 0.0493. The molecule has 14 heteroatoms. The molecule has 0 aliphatic rings. The molecular weight excluding hydrogens is 521 g/mol. The molecule has 1 aromatic carbocycles. The molecule has 10 nitrogen and oxygen atoms in total. The third kappa shape index (κ3) is 7.47. The molecule has 0 saturated carbocycles. The van der Waals surface area contributed by atoms with Crippen LogP contribution in [-0.2, 0) is 17.5 Å². The number of pyridine rings is 1. The van der Waals surface area contributed by atoms with E-state index in [1.165, 1.54) is 29.0 Å². The SMILES string of the molecule is CSN(C)c1ncccc1CNc1nc(Nc2ccc(C(=O)NCC(=O)N(C)C)cc2)ncc1C(F)(F)F. The van der Waals surface area contributed by atoms with Gasteiger partial charge >= 0.3 is 6.18 Å². The zero-order valence-corrected chi connectivity index (χ0v) is 21.9. The third-order valence-electron chi connectivity index (χ3n) is 5.28. The van der Waals surface area contributed by atoms with Gasteiger partial charge in [-0.1, -0.05) is 18.0 Å². The highest BCUT2D eigenvalue weighted by Gasteiger charge is 2.35. The largest absolute Gasteiger partial charge is 0.421 e. The molecule has 3 rings (SSSR count). The maximum absolute atomic E-state index is 13.6. The van der Waals surface area contributed by atoms with E-state index >= 15 is 0 Å². The fraction of sp³-hybridized carbons (Fsp3) is 0.292. The van der Waals surface area contributed by atoms with Gasteiger partial charge in [0.25, 0.3) is 5.91 Å². The van der Waals surface area contributed by atoms with Crippen molar-refractivity contribution in [3.63, 3.8) is 0 Å². The van der Waals surface area contributed by atoms with Crippen LogP contribution < -0.4 is 20.3 Å². The van der Waals surface area contributed by atoms with E-state index < -0.39 is 23.5 Å². The number of alkyl halides is 3. The number of hydrogen-bond acceptors (Lipinski definition) is 9. The first-order valence-electron chi connectivity index (χ1n) is 11.2. The molecule has 202 valence electrons. The first-order chi connectivity index (χ1) is 18.0. The van der Waals surface area contributed by atoms with Crippen LogP contribution >= 0.6 is 11.9 Å². The Hall–Kier alpha value is -4.07. The summed E-state index contributed by atoms with van der Waals surface area (Å²) in [7, 11) is 4.97. The van der Waals surface area contributed by atoms with Crippen LogP contribution in [0.3, 0.4) is 0 Å². The summed E-state index contributed by atoms with van der Waals surface area (Å²) < 4.78 is 42.7. The fourth-order valence-electron chi connectivity index (χ4n) is 3.15. The summed E-state index contributed by atoms with van der Waals surface area (Å²) in [6, 6.07) is 9.59. The van der Waals surface area contributed by atoms with Crippen LogP contribution in [0.4, 0.5) is 36.4 Å². The smallest absolute Gasteiger partial charge is 0.365 e. The van der Waals surface area contributed by atoms with Gasteiger partial charge in [-0.25, -0.2) is 9.97 Å². The highest BCUT2D eigenvalue weighted by atomic mass is 32.2. The number of benzene rings is 1. The van der Waals surface area contributed by atoms with Crippen molar-refractivity contribution in [2.45, 2.75) is 12.7 Å². The van der Waals surface area contributed by atoms with Crippen LogP contribution in [-0.4, -0.2) is 65.6 Å². The average molecular weight is 549 g/mol. The first-order valence-corrected chi connectivity index (χ1v) is 12.4. The van der Waals surface area contributed by atoms with E-state index in [1.807, 2.05) is 13.3 Å². The molecule has 3 aromatic rings. The summed E-state index contributed by atoms with van der Waals surface area (Å²) >= 11 is 1.42. The highest BCUT2D eigenvalue weighted by Crippen LogP contribution is 2.34. The molecule has 3 N–H and O–H groups in total. The third-order valence-corrected chi connectivity index (χ3v) is 6.00. The van der Waals surface area contributed by atoms with Crippen LogP contribution in [0.15, 0.2) is 48.8 Å². The Morgan fingerprint density at radius 1 is 1.05 bits per heavy atom. The van der Waals surface area contributed by atoms with Gasteiger partial charge in [0.1, 0.15) is 17.2 Å². The normalized spacial score (nSPS) is 11.0. The highest BCUT2D eigenvalue weighted by molar-refractivity contribution is 7.99. The molecule has 2 heterocycles. The van der Waals surface area contributed by atoms with Crippen LogP contribution in [0.1, 0.15) is 21.5 Å². The van der Waals surface area contributed by atoms with Gasteiger partial charge in [-0.15, -0.1) is 0 Å². The van der Waals surface area contributed by atoms with Crippen LogP contribution in [0.25, 0.3) is 0 Å². The van der Waals surface area contributed by atoms with Crippen molar-refractivity contribution < 1.29 is 22.8 Å². The number of nitrogens with one attached hydrogen (secondary N) is 3. The van der Waals surface area contributed by atoms with Crippen LogP contribution in [0.2, 0.25) is 0 Å². The molecule has 0 fully saturated rings. The number of rotatable bonds is 10. The first kappa shape index (κ1) is 28.5. The summed E-state index contributed by atoms with van der Waals surface area (Å²) in [6.07, 6.45) is -0.490. The second kappa shape index (κ2) is 12.4. The molecule has 2 aromatic heterocycles. The van der Waals surface area contributed by atoms with Gasteiger partial charge in [-0.05, 0) is 30.3 Å². The summed E-state index contributed by atoms with van der Waals surface area (Å²) in [6.45, 7) is -0.0944. The maximum Gasteiger partial charge on any atom is 0.421 e. The molecular formula is C24H27F3N8O2S. The predicted molar refractivity (Wildman–Crippen MR) is 141 cm³/mol. The van der Waals surface area contributed by atoms with Gasteiger partial charge in [0, 0.05) is 63.2 Å². The topological polar surface area (TPSA) is 115 Å². The number of aromatic nitrogens is 3. The van der Waals surface area contributed by atoms with Gasteiger partial charge in [-0.2, -0.15) is 18.2 Å². The van der Waals surface area contributed by atoms with Crippen LogP contribution in [0.5, 0.6) is 0 Å². The molecule has 0 saturated heterocycles. The minimum atomic E-state index is -4.67. The fourth-order valence-corrected chi connectivity index (χ4v) is 3.49. The lowest BCUT2D eigenvalue weighted by molar-refractivity contribution is -0.137. The zero-order valence-electron chi connectivity index (χ0n) is 21.1. The van der Waals surface area contributed by atoms with Gasteiger partial charge in [-0.3, -0.25) is 9.59 Å². The van der Waals surface area contributed by atoms with Crippen molar-refractivity contribution >= 4 is 47.0 Å². The van der Waals surface area contributed by atoms with Crippen molar-refractivity contribution in [3.05, 3.63) is 65.5 Å². The Balaban J connectivity index is 1.75. The lowest BCUT2D eigenvalue weighted by Gasteiger charge is -2.19. The number of carbonyl (C=O) groups is 2. The van der Waals surface area contributed by atoms with E-state index in [0.29, 0.717) is 28.8 Å². The molecule has 0 aliphatic heterocycles. The average Bonchev–Trinajstić information content (AvgIpc) is 2.89. The van der Waals surface area contributed by atoms with E-state index in [9.17, 15) is 22.8 Å². The van der Waals surface area contributed by atoms with Crippen molar-refractivity contribution in [2.75, 3.05) is 48.9 Å². The number of carbonyl (C=O) groups excluding carboxylic acids is 2. The molecule has 0 spiro atoms. The Morgan fingerprint density at radius 2 is 1.76 bits per heavy atom. The molecule has 0 aliphatic carbocycles. The van der Waals surface area contributed by atoms with Crippen molar-refractivity contribution in [2.24, 2.45) is 0 Å². The second-order valence-electron chi connectivity index (χ2n) is 8.15. The van der Waals surface area contributed by atoms with E-state index in [0.717, 1.165) is 0 Å². The minimum Gasteiger partial charge on any atom is -0.365 e. The quantitative estimate of drug-likeness (QED) is 0.326. The lowest BCUT2D eigenvalue weighted by Crippen LogP contribution is -2.36. The van der Waals surface area contributed by atoms with Gasteiger partial charge in [0.05, 0.1) is 6.54 Å². The Labute approximate surface area is 222 Å². The number of halogens is 3. The van der Waals surface area contributed by atoms with Crippen molar-refractivity contribution in [1.29, 1.82) is 0 Å². The lowest BCUT2D eigenvalue weighted by atomic mass is 10.2. The monoisotopic (exact) mass is 548 g/mol. The zero-order chi connectivity index (χ0) is 27.9. The summed E-state index contributed by atoms with van der Waals surface area (Å²) in [5, 5.41) is 8.13. The molecule has 0 bridgehead atoms. The number of nitrogens with zero attached hydrogens (tertiary/aromatic N) is 5. The standard InChI is InChI=1S/C24H27F3N8O2S/c1-34(2)19(36)14-30-22(37)15-7-9-17(10-8-15)32-23-31-13-18(24(25,26)27)20(33-23)29-12-16-6-5-11-28-21(16)35(3)38-4/h5-11,13H,12,14H2,1-4H3,(H,30,37)(H2,29,31,32,33). The summed E-state index contributed by atoms with van der Waals surface area (Å²) in [4.78, 5) is 37.4. The summed E-state index contributed by atoms with van der Waals surface area (Å²) in [5.41, 5.74) is 0.436. The molecule has 0 atom stereocenters. The predicted octanol–water partition coefficient (Wildman–Crippen LogP) is 3.78. The number of amides is 2. The van der Waals surface area contributed by atoms with Crippen molar-refractivity contribution in [1.82, 2.24) is 25.2 Å². The van der Waals surface area contributed by atoms with Gasteiger partial charge < -0.3 is 25.2 Å². The van der Waals surface area contributed by atoms with E-state index in [-0.39, 0.29) is 24.9 Å². The summed E-state index contributed by atoms with van der Waals surface area (Å²) in [5.74, 6) is -0.536. The second-order valence-corrected chi connectivity index (χ2v) is 9.06. The molecule has 2 amide bonds. The molecule has 0 radical (unpaired) electrons. The van der Waals surface area contributed by atoms with E-state index in [1.54, 1.807) is 48.9 Å². The molecule has 38 heavy (non-hydrogen) atoms. The Bertz CT molecular complexity index is 1270. The Kier molecular flexibility index (Phi) is 9.34. The van der Waals surface area contributed by atoms with Crippen molar-refractivity contribution in [3.8, 4) is 0 Å². The number of likely N-dealkylation sites (N-methyl/N-ethyl adjacent to an activating group) is 1.